The molecule has 0 N–H and O–H groups in total. The number of benzene rings is 2. The molecule has 1 aromatic heterocycles. The largest absolute Gasteiger partial charge is 0.296 e. The van der Waals surface area contributed by atoms with Crippen molar-refractivity contribution in [1.82, 2.24) is 14.7 Å². The van der Waals surface area contributed by atoms with Gasteiger partial charge in [0.2, 0.25) is 0 Å². The smallest absolute Gasteiger partial charge is 0.132 e. The Bertz CT molecular complexity index is 903. The molecule has 4 rings (SSSR count). The van der Waals surface area contributed by atoms with Gasteiger partial charge in [-0.05, 0) is 59.5 Å². The first-order valence-electron chi connectivity index (χ1n) is 7.88. The average molecular weight is 433 g/mol. The zero-order valence-electron chi connectivity index (χ0n) is 13.3. The number of fused-ring (bicyclic) bond motifs is 1. The third kappa shape index (κ3) is 2.86. The summed E-state index contributed by atoms with van der Waals surface area (Å²) in [4.78, 5) is 2.21. The summed E-state index contributed by atoms with van der Waals surface area (Å²) in [6.07, 6.45) is 0. The zero-order chi connectivity index (χ0) is 16.7. The number of hydrogen-bond acceptors (Lipinski definition) is 2. The van der Waals surface area contributed by atoms with E-state index in [-0.39, 0.29) is 5.82 Å². The molecule has 2 heterocycles. The molecule has 24 heavy (non-hydrogen) atoms. The van der Waals surface area contributed by atoms with Gasteiger partial charge in [-0.2, -0.15) is 5.10 Å². The molecule has 5 heteroatoms. The van der Waals surface area contributed by atoms with Crippen molar-refractivity contribution < 1.29 is 4.39 Å². The van der Waals surface area contributed by atoms with Crippen LogP contribution in [0.15, 0.2) is 48.5 Å². The van der Waals surface area contributed by atoms with Crippen molar-refractivity contribution >= 4 is 22.6 Å². The van der Waals surface area contributed by atoms with Crippen LogP contribution in [0.2, 0.25) is 0 Å². The molecule has 0 spiro atoms. The topological polar surface area (TPSA) is 21.1 Å². The Morgan fingerprint density at radius 3 is 2.75 bits per heavy atom. The fourth-order valence-corrected chi connectivity index (χ4v) is 3.91. The van der Waals surface area contributed by atoms with Crippen LogP contribution < -0.4 is 0 Å². The Balaban J connectivity index is 1.83. The van der Waals surface area contributed by atoms with Gasteiger partial charge < -0.3 is 0 Å². The van der Waals surface area contributed by atoms with Crippen molar-refractivity contribution in [1.29, 1.82) is 0 Å². The highest BCUT2D eigenvalue weighted by molar-refractivity contribution is 14.1. The zero-order valence-corrected chi connectivity index (χ0v) is 15.5. The Kier molecular flexibility index (Phi) is 4.14. The molecular formula is C19H17FIN3. The van der Waals surface area contributed by atoms with Crippen LogP contribution in [0.25, 0.3) is 11.3 Å². The van der Waals surface area contributed by atoms with Crippen LogP contribution in [0, 0.1) is 9.39 Å². The Hall–Kier alpha value is -1.73. The fourth-order valence-electron chi connectivity index (χ4n) is 3.30. The maximum Gasteiger partial charge on any atom is 0.132 e. The minimum absolute atomic E-state index is 0.196. The van der Waals surface area contributed by atoms with Crippen LogP contribution >= 0.6 is 22.6 Å². The normalized spacial score (nSPS) is 14.1. The van der Waals surface area contributed by atoms with E-state index in [1.54, 1.807) is 6.07 Å². The van der Waals surface area contributed by atoms with Crippen molar-refractivity contribution in [2.24, 2.45) is 0 Å². The van der Waals surface area contributed by atoms with Gasteiger partial charge in [0.1, 0.15) is 5.82 Å². The summed E-state index contributed by atoms with van der Waals surface area (Å²) in [6, 6.07) is 15.3. The molecule has 3 nitrogen and oxygen atoms in total. The van der Waals surface area contributed by atoms with E-state index >= 15 is 0 Å². The summed E-state index contributed by atoms with van der Waals surface area (Å²) in [7, 11) is 2.07. The maximum atomic E-state index is 14.4. The molecule has 0 bridgehead atoms. The minimum atomic E-state index is -0.196. The summed E-state index contributed by atoms with van der Waals surface area (Å²) in [6.45, 7) is 2.28. The molecule has 0 unspecified atom stereocenters. The molecule has 1 aliphatic rings. The molecule has 0 radical (unpaired) electrons. The Morgan fingerprint density at radius 2 is 1.96 bits per heavy atom. The molecule has 0 fully saturated rings. The predicted octanol–water partition coefficient (Wildman–Crippen LogP) is 4.29. The SMILES string of the molecule is CN1Cc2nn(Cc3cccc(I)c3)c(-c3ccccc3F)c2C1. The van der Waals surface area contributed by atoms with Crippen molar-refractivity contribution in [3.63, 3.8) is 0 Å². The van der Waals surface area contributed by atoms with E-state index in [2.05, 4.69) is 52.7 Å². The summed E-state index contributed by atoms with van der Waals surface area (Å²) >= 11 is 2.31. The maximum absolute atomic E-state index is 14.4. The van der Waals surface area contributed by atoms with E-state index < -0.39 is 0 Å². The fraction of sp³-hybridized carbons (Fsp3) is 0.211. The lowest BCUT2D eigenvalue weighted by molar-refractivity contribution is 0.346. The lowest BCUT2D eigenvalue weighted by atomic mass is 10.1. The first-order valence-corrected chi connectivity index (χ1v) is 8.96. The van der Waals surface area contributed by atoms with Gasteiger partial charge in [0.15, 0.2) is 0 Å². The highest BCUT2D eigenvalue weighted by atomic mass is 127. The third-order valence-electron chi connectivity index (χ3n) is 4.33. The summed E-state index contributed by atoms with van der Waals surface area (Å²) in [5, 5.41) is 4.79. The molecule has 122 valence electrons. The van der Waals surface area contributed by atoms with Gasteiger partial charge in [-0.1, -0.05) is 24.3 Å². The minimum Gasteiger partial charge on any atom is -0.296 e. The van der Waals surface area contributed by atoms with Gasteiger partial charge in [0.05, 0.1) is 17.9 Å². The third-order valence-corrected chi connectivity index (χ3v) is 5.00. The second-order valence-corrected chi connectivity index (χ2v) is 7.46. The van der Waals surface area contributed by atoms with Crippen LogP contribution in [0.1, 0.15) is 16.8 Å². The van der Waals surface area contributed by atoms with Crippen molar-refractivity contribution in [3.8, 4) is 11.3 Å². The first kappa shape index (κ1) is 15.8. The number of rotatable bonds is 3. The molecule has 0 saturated carbocycles. The summed E-state index contributed by atoms with van der Waals surface area (Å²) < 4.78 is 17.6. The molecule has 0 aliphatic carbocycles. The van der Waals surface area contributed by atoms with Gasteiger partial charge >= 0.3 is 0 Å². The number of nitrogens with zero attached hydrogens (tertiary/aromatic N) is 3. The van der Waals surface area contributed by atoms with Crippen molar-refractivity contribution in [2.75, 3.05) is 7.05 Å². The molecule has 0 saturated heterocycles. The van der Waals surface area contributed by atoms with E-state index in [4.69, 9.17) is 5.10 Å². The second kappa shape index (κ2) is 6.29. The Labute approximate surface area is 154 Å². The molecule has 1 aliphatic heterocycles. The second-order valence-electron chi connectivity index (χ2n) is 6.21. The van der Waals surface area contributed by atoms with Crippen LogP contribution in [0.5, 0.6) is 0 Å². The van der Waals surface area contributed by atoms with Crippen molar-refractivity contribution in [3.05, 3.63) is 74.7 Å². The first-order chi connectivity index (χ1) is 11.6. The highest BCUT2D eigenvalue weighted by Crippen LogP contribution is 2.34. The summed E-state index contributed by atoms with van der Waals surface area (Å²) in [5.74, 6) is -0.196. The van der Waals surface area contributed by atoms with Crippen molar-refractivity contribution in [2.45, 2.75) is 19.6 Å². The average Bonchev–Trinajstić information content (AvgIpc) is 3.04. The standard InChI is InChI=1S/C19H17FIN3/c1-23-11-16-18(12-23)22-24(10-13-5-4-6-14(21)9-13)19(16)15-7-2-3-8-17(15)20/h2-9H,10-12H2,1H3. The Morgan fingerprint density at radius 1 is 1.12 bits per heavy atom. The van der Waals surface area contributed by atoms with E-state index in [9.17, 15) is 4.39 Å². The van der Waals surface area contributed by atoms with Gasteiger partial charge in [0.25, 0.3) is 0 Å². The molecule has 0 amide bonds. The lowest BCUT2D eigenvalue weighted by Gasteiger charge is -2.13. The van der Waals surface area contributed by atoms with Gasteiger partial charge in [-0.15, -0.1) is 0 Å². The van der Waals surface area contributed by atoms with Gasteiger partial charge in [0, 0.05) is 27.8 Å². The molecule has 0 atom stereocenters. The molecule has 3 aromatic rings. The monoisotopic (exact) mass is 433 g/mol. The van der Waals surface area contributed by atoms with Crippen LogP contribution in [-0.4, -0.2) is 21.7 Å². The van der Waals surface area contributed by atoms with Crippen LogP contribution in [-0.2, 0) is 19.6 Å². The molecular weight excluding hydrogens is 416 g/mol. The van der Waals surface area contributed by atoms with E-state index in [1.165, 1.54) is 15.2 Å². The highest BCUT2D eigenvalue weighted by Gasteiger charge is 2.27. The van der Waals surface area contributed by atoms with E-state index in [0.29, 0.717) is 12.1 Å². The van der Waals surface area contributed by atoms with E-state index in [0.717, 1.165) is 30.0 Å². The predicted molar refractivity (Wildman–Crippen MR) is 101 cm³/mol. The molecule has 2 aromatic carbocycles. The lowest BCUT2D eigenvalue weighted by Crippen LogP contribution is -2.13. The van der Waals surface area contributed by atoms with Crippen LogP contribution in [0.4, 0.5) is 4.39 Å². The number of hydrogen-bond donors (Lipinski definition) is 0. The van der Waals surface area contributed by atoms with Gasteiger partial charge in [-0.3, -0.25) is 9.58 Å². The number of aromatic nitrogens is 2. The summed E-state index contributed by atoms with van der Waals surface area (Å²) in [5.41, 5.74) is 4.92. The quantitative estimate of drug-likeness (QED) is 0.575. The van der Waals surface area contributed by atoms with Crippen LogP contribution in [0.3, 0.4) is 0 Å². The van der Waals surface area contributed by atoms with E-state index in [1.807, 2.05) is 22.9 Å². The number of halogens is 2. The van der Waals surface area contributed by atoms with Gasteiger partial charge in [-0.25, -0.2) is 4.39 Å².